The van der Waals surface area contributed by atoms with Gasteiger partial charge in [0.2, 0.25) is 0 Å². The molecule has 0 fully saturated rings. The van der Waals surface area contributed by atoms with Crippen molar-refractivity contribution in [3.8, 4) is 0 Å². The highest BCUT2D eigenvalue weighted by Crippen LogP contribution is 2.22. The Labute approximate surface area is 153 Å². The Bertz CT molecular complexity index is 641. The van der Waals surface area contributed by atoms with Crippen molar-refractivity contribution in [1.29, 1.82) is 0 Å². The van der Waals surface area contributed by atoms with Crippen LogP contribution in [0.25, 0.3) is 0 Å². The molecular weight excluding hydrogens is 338 g/mol. The minimum Gasteiger partial charge on any atom is -0.460 e. The fraction of sp³-hybridized carbons (Fsp3) is 0.667. The summed E-state index contributed by atoms with van der Waals surface area (Å²) in [6.45, 7) is 10.7. The highest BCUT2D eigenvalue weighted by atomic mass is 32.2. The molecule has 6 nitrogen and oxygen atoms in total. The van der Waals surface area contributed by atoms with Crippen molar-refractivity contribution in [3.05, 3.63) is 17.5 Å². The molecule has 0 saturated heterocycles. The van der Waals surface area contributed by atoms with E-state index in [1.807, 2.05) is 20.8 Å². The second-order valence-electron chi connectivity index (χ2n) is 7.60. The highest BCUT2D eigenvalue weighted by molar-refractivity contribution is 7.99. The van der Waals surface area contributed by atoms with E-state index in [1.54, 1.807) is 22.9 Å². The summed E-state index contributed by atoms with van der Waals surface area (Å²) in [7, 11) is 0. The largest absolute Gasteiger partial charge is 0.460 e. The molecule has 1 aromatic rings. The molecule has 0 atom stereocenters. The number of fused-ring (bicyclic) bond motifs is 1. The van der Waals surface area contributed by atoms with Gasteiger partial charge in [0.1, 0.15) is 5.60 Å². The van der Waals surface area contributed by atoms with Crippen LogP contribution in [0.5, 0.6) is 0 Å². The molecule has 0 spiro atoms. The van der Waals surface area contributed by atoms with Crippen LogP contribution >= 0.6 is 11.8 Å². The number of thioether (sulfide) groups is 1. The first kappa shape index (κ1) is 19.7. The number of esters is 1. The number of carbonyl (C=O) groups excluding carboxylic acids is 2. The van der Waals surface area contributed by atoms with Crippen molar-refractivity contribution < 1.29 is 14.3 Å². The minimum absolute atomic E-state index is 0.106. The van der Waals surface area contributed by atoms with Crippen molar-refractivity contribution in [2.45, 2.75) is 58.2 Å². The quantitative estimate of drug-likeness (QED) is 0.438. The summed E-state index contributed by atoms with van der Waals surface area (Å²) in [6.07, 6.45) is 2.50. The zero-order chi connectivity index (χ0) is 18.6. The summed E-state index contributed by atoms with van der Waals surface area (Å²) in [4.78, 5) is 34.9. The molecule has 2 rings (SSSR count). The molecule has 1 amide bonds. The third kappa shape index (κ3) is 5.99. The molecule has 0 unspecified atom stereocenters. The van der Waals surface area contributed by atoms with E-state index in [0.29, 0.717) is 31.0 Å². The van der Waals surface area contributed by atoms with Crippen LogP contribution in [0.3, 0.4) is 0 Å². The average Bonchev–Trinajstić information content (AvgIpc) is 2.50. The number of hydrogen-bond acceptors (Lipinski definition) is 6. The number of hydrogen-bond donors (Lipinski definition) is 0. The maximum absolute atomic E-state index is 12.6. The van der Waals surface area contributed by atoms with Crippen LogP contribution in [0.2, 0.25) is 0 Å². The predicted octanol–water partition coefficient (Wildman–Crippen LogP) is 2.95. The molecule has 1 aliphatic rings. The van der Waals surface area contributed by atoms with Crippen molar-refractivity contribution in [2.75, 3.05) is 18.8 Å². The lowest BCUT2D eigenvalue weighted by Gasteiger charge is -2.28. The maximum Gasteiger partial charge on any atom is 0.308 e. The first-order valence-corrected chi connectivity index (χ1v) is 9.64. The standard InChI is InChI=1S/C18H27N3O3S/c1-12(2)11-25-17-19-10-13-14(20-17)6-8-21(16(13)23)9-7-15(22)24-18(3,4)5/h10,12H,6-9,11H2,1-5H3. The van der Waals surface area contributed by atoms with Gasteiger partial charge >= 0.3 is 5.97 Å². The number of ether oxygens (including phenoxy) is 1. The SMILES string of the molecule is CC(C)CSc1ncc2c(n1)CCN(CCC(=O)OC(C)(C)C)C2=O. The molecular formula is C18H27N3O3S. The smallest absolute Gasteiger partial charge is 0.308 e. The third-order valence-electron chi connectivity index (χ3n) is 3.53. The van der Waals surface area contributed by atoms with Crippen LogP contribution in [0.1, 0.15) is 57.1 Å². The molecule has 1 aliphatic heterocycles. The monoisotopic (exact) mass is 365 g/mol. The van der Waals surface area contributed by atoms with E-state index in [-0.39, 0.29) is 18.3 Å². The summed E-state index contributed by atoms with van der Waals surface area (Å²) in [6, 6.07) is 0. The lowest BCUT2D eigenvalue weighted by Crippen LogP contribution is -2.40. The molecule has 2 heterocycles. The lowest BCUT2D eigenvalue weighted by molar-refractivity contribution is -0.155. The average molecular weight is 365 g/mol. The van der Waals surface area contributed by atoms with E-state index < -0.39 is 5.60 Å². The fourth-order valence-corrected chi connectivity index (χ4v) is 3.21. The van der Waals surface area contributed by atoms with E-state index in [4.69, 9.17) is 4.74 Å². The van der Waals surface area contributed by atoms with Gasteiger partial charge in [-0.15, -0.1) is 0 Å². The summed E-state index contributed by atoms with van der Waals surface area (Å²) in [5.41, 5.74) is 0.845. The van der Waals surface area contributed by atoms with Gasteiger partial charge in [0.05, 0.1) is 17.7 Å². The fourth-order valence-electron chi connectivity index (χ4n) is 2.42. The number of amides is 1. The Hall–Kier alpha value is -1.63. The lowest BCUT2D eigenvalue weighted by atomic mass is 10.1. The van der Waals surface area contributed by atoms with Crippen molar-refractivity contribution >= 4 is 23.6 Å². The van der Waals surface area contributed by atoms with Gasteiger partial charge in [0, 0.05) is 31.5 Å². The Morgan fingerprint density at radius 1 is 1.40 bits per heavy atom. The van der Waals surface area contributed by atoms with Crippen molar-refractivity contribution in [3.63, 3.8) is 0 Å². The van der Waals surface area contributed by atoms with Gasteiger partial charge < -0.3 is 9.64 Å². The first-order valence-electron chi connectivity index (χ1n) is 8.65. The van der Waals surface area contributed by atoms with Gasteiger partial charge in [-0.25, -0.2) is 9.97 Å². The van der Waals surface area contributed by atoms with Crippen LogP contribution in [0.4, 0.5) is 0 Å². The minimum atomic E-state index is -0.506. The summed E-state index contributed by atoms with van der Waals surface area (Å²) >= 11 is 1.61. The molecule has 0 N–H and O–H groups in total. The Morgan fingerprint density at radius 2 is 2.12 bits per heavy atom. The van der Waals surface area contributed by atoms with Crippen molar-refractivity contribution in [1.82, 2.24) is 14.9 Å². The zero-order valence-electron chi connectivity index (χ0n) is 15.7. The van der Waals surface area contributed by atoms with E-state index in [0.717, 1.165) is 16.6 Å². The number of aromatic nitrogens is 2. The summed E-state index contributed by atoms with van der Waals surface area (Å²) in [5, 5.41) is 0.724. The molecule has 0 aliphatic carbocycles. The number of nitrogens with zero attached hydrogens (tertiary/aromatic N) is 3. The molecule has 138 valence electrons. The van der Waals surface area contributed by atoms with E-state index >= 15 is 0 Å². The van der Waals surface area contributed by atoms with Gasteiger partial charge in [-0.2, -0.15) is 0 Å². The van der Waals surface area contributed by atoms with Gasteiger partial charge in [-0.1, -0.05) is 25.6 Å². The van der Waals surface area contributed by atoms with Gasteiger partial charge in [0.25, 0.3) is 5.91 Å². The molecule has 0 bridgehead atoms. The normalized spacial score (nSPS) is 14.6. The molecule has 0 radical (unpaired) electrons. The Balaban J connectivity index is 1.95. The Morgan fingerprint density at radius 3 is 2.76 bits per heavy atom. The van der Waals surface area contributed by atoms with Gasteiger partial charge in [-0.3, -0.25) is 9.59 Å². The van der Waals surface area contributed by atoms with Gasteiger partial charge in [-0.05, 0) is 26.7 Å². The molecule has 7 heteroatoms. The zero-order valence-corrected chi connectivity index (χ0v) is 16.5. The highest BCUT2D eigenvalue weighted by Gasteiger charge is 2.27. The second-order valence-corrected chi connectivity index (χ2v) is 8.58. The molecule has 0 saturated carbocycles. The molecule has 0 aromatic carbocycles. The van der Waals surface area contributed by atoms with E-state index in [2.05, 4.69) is 23.8 Å². The molecule has 25 heavy (non-hydrogen) atoms. The first-order chi connectivity index (χ1) is 11.7. The van der Waals surface area contributed by atoms with Gasteiger partial charge in [0.15, 0.2) is 5.16 Å². The topological polar surface area (TPSA) is 72.4 Å². The molecule has 1 aromatic heterocycles. The van der Waals surface area contributed by atoms with Crippen LogP contribution in [-0.2, 0) is 16.0 Å². The summed E-state index contributed by atoms with van der Waals surface area (Å²) in [5.74, 6) is 1.12. The third-order valence-corrected chi connectivity index (χ3v) is 4.82. The number of carbonyl (C=O) groups is 2. The predicted molar refractivity (Wildman–Crippen MR) is 97.7 cm³/mol. The van der Waals surface area contributed by atoms with Crippen LogP contribution in [-0.4, -0.2) is 51.2 Å². The van der Waals surface area contributed by atoms with Crippen LogP contribution in [0, 0.1) is 5.92 Å². The van der Waals surface area contributed by atoms with E-state index in [9.17, 15) is 9.59 Å². The van der Waals surface area contributed by atoms with Crippen LogP contribution < -0.4 is 0 Å². The summed E-state index contributed by atoms with van der Waals surface area (Å²) < 4.78 is 5.29. The maximum atomic E-state index is 12.6. The Kier molecular flexibility index (Phi) is 6.43. The van der Waals surface area contributed by atoms with Crippen LogP contribution in [0.15, 0.2) is 11.4 Å². The number of rotatable bonds is 6. The second kappa shape index (κ2) is 8.17. The van der Waals surface area contributed by atoms with E-state index in [1.165, 1.54) is 0 Å². The van der Waals surface area contributed by atoms with Crippen molar-refractivity contribution in [2.24, 2.45) is 5.92 Å².